The second-order valence-electron chi connectivity index (χ2n) is 5.43. The van der Waals surface area contributed by atoms with E-state index in [0.29, 0.717) is 24.0 Å². The number of carbonyl (C=O) groups excluding carboxylic acids is 2. The molecule has 6 heteroatoms. The largest absolute Gasteiger partial charge is 0.369 e. The maximum atomic E-state index is 11.9. The van der Waals surface area contributed by atoms with E-state index in [0.717, 1.165) is 5.56 Å². The van der Waals surface area contributed by atoms with Crippen molar-refractivity contribution in [1.82, 2.24) is 10.2 Å². The van der Waals surface area contributed by atoms with Crippen LogP contribution in [0.1, 0.15) is 19.4 Å². The van der Waals surface area contributed by atoms with Gasteiger partial charge in [-0.05, 0) is 23.6 Å². The molecule has 3 N–H and O–H groups in total. The van der Waals surface area contributed by atoms with Gasteiger partial charge in [0.2, 0.25) is 11.8 Å². The van der Waals surface area contributed by atoms with Crippen LogP contribution in [0.25, 0.3) is 0 Å². The lowest BCUT2D eigenvalue weighted by atomic mass is 10.2. The molecule has 0 aliphatic rings. The Hall–Kier alpha value is -1.59. The van der Waals surface area contributed by atoms with E-state index in [2.05, 4.69) is 5.32 Å². The molecule has 0 saturated heterocycles. The summed E-state index contributed by atoms with van der Waals surface area (Å²) in [7, 11) is 0. The highest BCUT2D eigenvalue weighted by molar-refractivity contribution is 6.30. The molecule has 0 unspecified atom stereocenters. The molecular formula is C15H22ClN3O2. The third-order valence-electron chi connectivity index (χ3n) is 2.77. The van der Waals surface area contributed by atoms with Crippen molar-refractivity contribution >= 4 is 23.4 Å². The van der Waals surface area contributed by atoms with Crippen molar-refractivity contribution in [3.05, 3.63) is 34.9 Å². The van der Waals surface area contributed by atoms with Gasteiger partial charge in [0, 0.05) is 18.1 Å². The molecule has 1 aromatic carbocycles. The highest BCUT2D eigenvalue weighted by Gasteiger charge is 2.14. The molecule has 5 nitrogen and oxygen atoms in total. The predicted molar refractivity (Wildman–Crippen MR) is 83.8 cm³/mol. The monoisotopic (exact) mass is 311 g/mol. The molecule has 0 aliphatic carbocycles. The summed E-state index contributed by atoms with van der Waals surface area (Å²) in [6, 6.07) is 7.28. The topological polar surface area (TPSA) is 75.4 Å². The van der Waals surface area contributed by atoms with Crippen molar-refractivity contribution in [3.8, 4) is 0 Å². The summed E-state index contributed by atoms with van der Waals surface area (Å²) in [5.74, 6) is -0.207. The van der Waals surface area contributed by atoms with Crippen LogP contribution in [0.15, 0.2) is 24.3 Å². The Morgan fingerprint density at radius 2 is 1.86 bits per heavy atom. The minimum Gasteiger partial charge on any atom is -0.369 e. The minimum absolute atomic E-state index is 0.0898. The number of primary amides is 1. The van der Waals surface area contributed by atoms with Crippen LogP contribution >= 0.6 is 11.6 Å². The zero-order valence-electron chi connectivity index (χ0n) is 12.4. The first-order valence-electron chi connectivity index (χ1n) is 6.88. The number of halogens is 1. The summed E-state index contributed by atoms with van der Waals surface area (Å²) in [4.78, 5) is 24.7. The number of hydrogen-bond donors (Lipinski definition) is 2. The minimum atomic E-state index is -0.429. The van der Waals surface area contributed by atoms with Crippen molar-refractivity contribution in [2.45, 2.75) is 20.4 Å². The van der Waals surface area contributed by atoms with E-state index in [-0.39, 0.29) is 19.0 Å². The number of amides is 2. The van der Waals surface area contributed by atoms with Crippen LogP contribution in [0, 0.1) is 5.92 Å². The molecule has 0 radical (unpaired) electrons. The molecule has 0 bridgehead atoms. The predicted octanol–water partition coefficient (Wildman–Crippen LogP) is 1.40. The fraction of sp³-hybridized carbons (Fsp3) is 0.467. The van der Waals surface area contributed by atoms with Crippen molar-refractivity contribution in [3.63, 3.8) is 0 Å². The van der Waals surface area contributed by atoms with Crippen LogP contribution in [0.5, 0.6) is 0 Å². The maximum absolute atomic E-state index is 11.9. The van der Waals surface area contributed by atoms with E-state index < -0.39 is 5.91 Å². The fourth-order valence-electron chi connectivity index (χ4n) is 1.98. The summed E-state index contributed by atoms with van der Waals surface area (Å²) >= 11 is 5.80. The summed E-state index contributed by atoms with van der Waals surface area (Å²) < 4.78 is 0. The van der Waals surface area contributed by atoms with Gasteiger partial charge in [-0.2, -0.15) is 0 Å². The number of nitrogens with one attached hydrogen (secondary N) is 1. The lowest BCUT2D eigenvalue weighted by Crippen LogP contribution is -2.42. The molecule has 2 amide bonds. The lowest BCUT2D eigenvalue weighted by Gasteiger charge is -2.22. The Labute approximate surface area is 130 Å². The molecular weight excluding hydrogens is 290 g/mol. The standard InChI is InChI=1S/C15H22ClN3O2/c1-11(2)8-19(9-14(17)20)10-15(21)18-7-12-3-5-13(16)6-4-12/h3-6,11H,7-10H2,1-2H3,(H2,17,20)(H,18,21). The highest BCUT2D eigenvalue weighted by atomic mass is 35.5. The summed E-state index contributed by atoms with van der Waals surface area (Å²) in [5.41, 5.74) is 6.17. The molecule has 1 rings (SSSR count). The molecule has 0 aromatic heterocycles. The van der Waals surface area contributed by atoms with E-state index in [4.69, 9.17) is 17.3 Å². The number of hydrogen-bond acceptors (Lipinski definition) is 3. The van der Waals surface area contributed by atoms with E-state index in [1.807, 2.05) is 26.0 Å². The first-order chi connectivity index (χ1) is 9.86. The highest BCUT2D eigenvalue weighted by Crippen LogP contribution is 2.09. The second kappa shape index (κ2) is 8.64. The van der Waals surface area contributed by atoms with Crippen LogP contribution in [0.4, 0.5) is 0 Å². The molecule has 1 aromatic rings. The molecule has 21 heavy (non-hydrogen) atoms. The summed E-state index contributed by atoms with van der Waals surface area (Å²) in [6.07, 6.45) is 0. The Kier molecular flexibility index (Phi) is 7.19. The third-order valence-corrected chi connectivity index (χ3v) is 3.02. The first-order valence-corrected chi connectivity index (χ1v) is 7.26. The molecule has 0 spiro atoms. The molecule has 0 saturated carbocycles. The number of nitrogens with zero attached hydrogens (tertiary/aromatic N) is 1. The quantitative estimate of drug-likeness (QED) is 0.762. The molecule has 116 valence electrons. The zero-order valence-corrected chi connectivity index (χ0v) is 13.2. The normalized spacial score (nSPS) is 10.9. The van der Waals surface area contributed by atoms with Crippen LogP contribution < -0.4 is 11.1 Å². The van der Waals surface area contributed by atoms with Gasteiger partial charge < -0.3 is 11.1 Å². The number of nitrogens with two attached hydrogens (primary N) is 1. The van der Waals surface area contributed by atoms with Gasteiger partial charge in [-0.25, -0.2) is 0 Å². The van der Waals surface area contributed by atoms with E-state index in [1.54, 1.807) is 17.0 Å². The molecule has 0 atom stereocenters. The third kappa shape index (κ3) is 7.68. The average Bonchev–Trinajstić information content (AvgIpc) is 2.36. The first kappa shape index (κ1) is 17.5. The number of benzene rings is 1. The zero-order chi connectivity index (χ0) is 15.8. The maximum Gasteiger partial charge on any atom is 0.234 e. The van der Waals surface area contributed by atoms with E-state index in [9.17, 15) is 9.59 Å². The molecule has 0 heterocycles. The van der Waals surface area contributed by atoms with Crippen molar-refractivity contribution in [2.24, 2.45) is 11.7 Å². The van der Waals surface area contributed by atoms with Crippen molar-refractivity contribution in [2.75, 3.05) is 19.6 Å². The van der Waals surface area contributed by atoms with Gasteiger partial charge in [-0.1, -0.05) is 37.6 Å². The smallest absolute Gasteiger partial charge is 0.234 e. The number of carbonyl (C=O) groups is 2. The van der Waals surface area contributed by atoms with Crippen LogP contribution in [0.3, 0.4) is 0 Å². The van der Waals surface area contributed by atoms with Gasteiger partial charge in [-0.3, -0.25) is 14.5 Å². The van der Waals surface area contributed by atoms with Gasteiger partial charge >= 0.3 is 0 Å². The Bertz CT molecular complexity index is 474. The van der Waals surface area contributed by atoms with Gasteiger partial charge in [0.15, 0.2) is 0 Å². The van der Waals surface area contributed by atoms with Gasteiger partial charge in [0.25, 0.3) is 0 Å². The lowest BCUT2D eigenvalue weighted by molar-refractivity contribution is -0.124. The molecule has 0 fully saturated rings. The van der Waals surface area contributed by atoms with Crippen LogP contribution in [-0.2, 0) is 16.1 Å². The van der Waals surface area contributed by atoms with Gasteiger partial charge in [0.1, 0.15) is 0 Å². The summed E-state index contributed by atoms with van der Waals surface area (Å²) in [6.45, 7) is 5.39. The van der Waals surface area contributed by atoms with Gasteiger partial charge in [0.05, 0.1) is 13.1 Å². The van der Waals surface area contributed by atoms with E-state index in [1.165, 1.54) is 0 Å². The second-order valence-corrected chi connectivity index (χ2v) is 5.87. The number of rotatable bonds is 8. The van der Waals surface area contributed by atoms with Crippen LogP contribution in [-0.4, -0.2) is 36.3 Å². The summed E-state index contributed by atoms with van der Waals surface area (Å²) in [5, 5.41) is 3.48. The van der Waals surface area contributed by atoms with E-state index >= 15 is 0 Å². The van der Waals surface area contributed by atoms with Crippen molar-refractivity contribution in [1.29, 1.82) is 0 Å². The Balaban J connectivity index is 2.45. The van der Waals surface area contributed by atoms with Gasteiger partial charge in [-0.15, -0.1) is 0 Å². The SMILES string of the molecule is CC(C)CN(CC(N)=O)CC(=O)NCc1ccc(Cl)cc1. The Morgan fingerprint density at radius 3 is 2.38 bits per heavy atom. The average molecular weight is 312 g/mol. The van der Waals surface area contributed by atoms with Crippen molar-refractivity contribution < 1.29 is 9.59 Å². The molecule has 0 aliphatic heterocycles. The van der Waals surface area contributed by atoms with Crippen LogP contribution in [0.2, 0.25) is 5.02 Å². The fourth-order valence-corrected chi connectivity index (χ4v) is 2.11. The Morgan fingerprint density at radius 1 is 1.24 bits per heavy atom.